The molecule has 0 aromatic carbocycles. The van der Waals surface area contributed by atoms with Crippen LogP contribution < -0.4 is 5.32 Å². The second-order valence-electron chi connectivity index (χ2n) is 2.66. The average Bonchev–Trinajstić information content (AvgIpc) is 2.55. The predicted molar refractivity (Wildman–Crippen MR) is 45.9 cm³/mol. The standard InChI is InChI=1S/C7H9F3N2OS/c8-7(9,10)6(13)3-11-1-5-2-12-4-14-5/h2,4,6,11,13H,1,3H2. The molecule has 1 aromatic rings. The Labute approximate surface area is 82.6 Å². The summed E-state index contributed by atoms with van der Waals surface area (Å²) in [4.78, 5) is 4.60. The third kappa shape index (κ3) is 3.60. The summed E-state index contributed by atoms with van der Waals surface area (Å²) < 4.78 is 35.4. The maximum Gasteiger partial charge on any atom is 0.415 e. The number of aliphatic hydroxyl groups excluding tert-OH is 1. The molecule has 0 amide bonds. The molecule has 1 aromatic heterocycles. The monoisotopic (exact) mass is 226 g/mol. The smallest absolute Gasteiger partial charge is 0.382 e. The van der Waals surface area contributed by atoms with E-state index in [-0.39, 0.29) is 6.54 Å². The molecule has 0 saturated carbocycles. The van der Waals surface area contributed by atoms with E-state index in [2.05, 4.69) is 10.3 Å². The summed E-state index contributed by atoms with van der Waals surface area (Å²) >= 11 is 1.35. The van der Waals surface area contributed by atoms with Gasteiger partial charge < -0.3 is 10.4 Å². The quantitative estimate of drug-likeness (QED) is 0.809. The van der Waals surface area contributed by atoms with Crippen molar-refractivity contribution in [1.29, 1.82) is 0 Å². The van der Waals surface area contributed by atoms with Crippen LogP contribution in [0.15, 0.2) is 11.7 Å². The molecule has 0 bridgehead atoms. The molecule has 0 saturated heterocycles. The first-order chi connectivity index (χ1) is 6.50. The predicted octanol–water partition coefficient (Wildman–Crippen LogP) is 1.16. The van der Waals surface area contributed by atoms with Crippen LogP contribution in [0.4, 0.5) is 13.2 Å². The summed E-state index contributed by atoms with van der Waals surface area (Å²) in [6, 6.07) is 0. The van der Waals surface area contributed by atoms with Crippen molar-refractivity contribution in [3.63, 3.8) is 0 Å². The Hall–Kier alpha value is -0.660. The van der Waals surface area contributed by atoms with Gasteiger partial charge in [-0.1, -0.05) is 0 Å². The van der Waals surface area contributed by atoms with Gasteiger partial charge in [0.05, 0.1) is 5.51 Å². The first-order valence-electron chi connectivity index (χ1n) is 3.83. The molecule has 1 rings (SSSR count). The van der Waals surface area contributed by atoms with E-state index in [1.807, 2.05) is 0 Å². The van der Waals surface area contributed by atoms with Crippen molar-refractivity contribution < 1.29 is 18.3 Å². The lowest BCUT2D eigenvalue weighted by molar-refractivity contribution is -0.201. The third-order valence-corrected chi connectivity index (χ3v) is 2.28. The van der Waals surface area contributed by atoms with Gasteiger partial charge in [-0.3, -0.25) is 4.98 Å². The normalized spacial score (nSPS) is 14.3. The van der Waals surface area contributed by atoms with E-state index in [0.29, 0.717) is 0 Å². The molecule has 0 spiro atoms. The second-order valence-corrected chi connectivity index (χ2v) is 3.63. The van der Waals surface area contributed by atoms with Crippen molar-refractivity contribution in [3.8, 4) is 0 Å². The highest BCUT2D eigenvalue weighted by Crippen LogP contribution is 2.19. The molecule has 7 heteroatoms. The molecule has 0 aliphatic heterocycles. The Bertz CT molecular complexity index is 262. The van der Waals surface area contributed by atoms with Gasteiger partial charge in [0, 0.05) is 24.2 Å². The van der Waals surface area contributed by atoms with E-state index in [1.165, 1.54) is 11.3 Å². The molecule has 1 unspecified atom stereocenters. The van der Waals surface area contributed by atoms with Gasteiger partial charge in [0.15, 0.2) is 6.10 Å². The van der Waals surface area contributed by atoms with Crippen LogP contribution in [0.5, 0.6) is 0 Å². The number of hydrogen-bond donors (Lipinski definition) is 2. The third-order valence-electron chi connectivity index (χ3n) is 1.50. The van der Waals surface area contributed by atoms with Crippen molar-refractivity contribution >= 4 is 11.3 Å². The number of nitrogens with zero attached hydrogens (tertiary/aromatic N) is 1. The Morgan fingerprint density at radius 2 is 2.29 bits per heavy atom. The molecule has 1 heterocycles. The maximum absolute atomic E-state index is 11.8. The van der Waals surface area contributed by atoms with Crippen molar-refractivity contribution in [2.45, 2.75) is 18.8 Å². The fourth-order valence-electron chi connectivity index (χ4n) is 0.777. The van der Waals surface area contributed by atoms with Gasteiger partial charge in [-0.05, 0) is 0 Å². The molecular weight excluding hydrogens is 217 g/mol. The highest BCUT2D eigenvalue weighted by Gasteiger charge is 2.37. The molecule has 0 fully saturated rings. The number of hydrogen-bond acceptors (Lipinski definition) is 4. The molecule has 0 aliphatic rings. The number of thiazole rings is 1. The molecule has 0 radical (unpaired) electrons. The zero-order valence-electron chi connectivity index (χ0n) is 7.08. The Morgan fingerprint density at radius 3 is 2.79 bits per heavy atom. The fourth-order valence-corrected chi connectivity index (χ4v) is 1.34. The summed E-state index contributed by atoms with van der Waals surface area (Å²) in [5, 5.41) is 11.1. The summed E-state index contributed by atoms with van der Waals surface area (Å²) in [6.45, 7) is -0.209. The maximum atomic E-state index is 11.8. The number of nitrogens with one attached hydrogen (secondary N) is 1. The molecule has 2 N–H and O–H groups in total. The van der Waals surface area contributed by atoms with Gasteiger partial charge in [0.25, 0.3) is 0 Å². The fraction of sp³-hybridized carbons (Fsp3) is 0.571. The minimum Gasteiger partial charge on any atom is -0.382 e. The molecule has 3 nitrogen and oxygen atoms in total. The van der Waals surface area contributed by atoms with Gasteiger partial charge >= 0.3 is 6.18 Å². The van der Waals surface area contributed by atoms with E-state index in [9.17, 15) is 13.2 Å². The zero-order valence-corrected chi connectivity index (χ0v) is 7.90. The molecule has 1 atom stereocenters. The summed E-state index contributed by atoms with van der Waals surface area (Å²) in [5.41, 5.74) is 1.59. The van der Waals surface area contributed by atoms with Crippen LogP contribution in [0, 0.1) is 0 Å². The van der Waals surface area contributed by atoms with Crippen LogP contribution in [-0.2, 0) is 6.54 Å². The van der Waals surface area contributed by atoms with Crippen LogP contribution in [0.25, 0.3) is 0 Å². The Balaban J connectivity index is 2.22. The lowest BCUT2D eigenvalue weighted by Crippen LogP contribution is -2.38. The minimum absolute atomic E-state index is 0.289. The average molecular weight is 226 g/mol. The minimum atomic E-state index is -4.55. The van der Waals surface area contributed by atoms with Crippen LogP contribution in [0.1, 0.15) is 4.88 Å². The van der Waals surface area contributed by atoms with Gasteiger partial charge in [-0.15, -0.1) is 11.3 Å². The Kier molecular flexibility index (Phi) is 3.85. The topological polar surface area (TPSA) is 45.1 Å². The first-order valence-corrected chi connectivity index (χ1v) is 4.71. The number of aliphatic hydroxyl groups is 1. The number of aromatic nitrogens is 1. The van der Waals surface area contributed by atoms with E-state index in [4.69, 9.17) is 5.11 Å². The number of alkyl halides is 3. The largest absolute Gasteiger partial charge is 0.415 e. The van der Waals surface area contributed by atoms with Crippen molar-refractivity contribution in [2.24, 2.45) is 0 Å². The van der Waals surface area contributed by atoms with Gasteiger partial charge in [0.1, 0.15) is 0 Å². The van der Waals surface area contributed by atoms with Crippen LogP contribution >= 0.6 is 11.3 Å². The van der Waals surface area contributed by atoms with Crippen LogP contribution in [-0.4, -0.2) is 28.9 Å². The summed E-state index contributed by atoms with van der Waals surface area (Å²) in [5.74, 6) is 0. The molecule has 0 aliphatic carbocycles. The second kappa shape index (κ2) is 4.72. The van der Waals surface area contributed by atoms with E-state index in [1.54, 1.807) is 11.7 Å². The number of rotatable bonds is 4. The lowest BCUT2D eigenvalue weighted by Gasteiger charge is -2.14. The van der Waals surface area contributed by atoms with E-state index >= 15 is 0 Å². The Morgan fingerprint density at radius 1 is 1.57 bits per heavy atom. The van der Waals surface area contributed by atoms with Gasteiger partial charge in [-0.25, -0.2) is 0 Å². The van der Waals surface area contributed by atoms with Crippen molar-refractivity contribution in [2.75, 3.05) is 6.54 Å². The summed E-state index contributed by atoms with van der Waals surface area (Å²) in [6.07, 6.45) is -5.30. The van der Waals surface area contributed by atoms with Crippen molar-refractivity contribution in [1.82, 2.24) is 10.3 Å². The van der Waals surface area contributed by atoms with Crippen molar-refractivity contribution in [3.05, 3.63) is 16.6 Å². The van der Waals surface area contributed by atoms with Gasteiger partial charge in [0.2, 0.25) is 0 Å². The number of halogens is 3. The van der Waals surface area contributed by atoms with E-state index < -0.39 is 18.8 Å². The molecule has 14 heavy (non-hydrogen) atoms. The lowest BCUT2D eigenvalue weighted by atomic mass is 10.3. The SMILES string of the molecule is OC(CNCc1cncs1)C(F)(F)F. The van der Waals surface area contributed by atoms with Crippen LogP contribution in [0.3, 0.4) is 0 Å². The molecular formula is C7H9F3N2OS. The molecule has 80 valence electrons. The van der Waals surface area contributed by atoms with Crippen LogP contribution in [0.2, 0.25) is 0 Å². The zero-order chi connectivity index (χ0) is 10.6. The van der Waals surface area contributed by atoms with Gasteiger partial charge in [-0.2, -0.15) is 13.2 Å². The summed E-state index contributed by atoms with van der Waals surface area (Å²) in [7, 11) is 0. The highest BCUT2D eigenvalue weighted by atomic mass is 32.1. The van der Waals surface area contributed by atoms with E-state index in [0.717, 1.165) is 4.88 Å². The highest BCUT2D eigenvalue weighted by molar-refractivity contribution is 7.09. The first kappa shape index (κ1) is 11.4.